The van der Waals surface area contributed by atoms with Crippen molar-refractivity contribution in [2.45, 2.75) is 0 Å². The van der Waals surface area contributed by atoms with Gasteiger partial charge < -0.3 is 10.4 Å². The van der Waals surface area contributed by atoms with E-state index in [2.05, 4.69) is 20.5 Å². The van der Waals surface area contributed by atoms with E-state index in [9.17, 15) is 10.1 Å². The van der Waals surface area contributed by atoms with Gasteiger partial charge in [-0.25, -0.2) is 4.98 Å². The minimum absolute atomic E-state index is 0.0283. The SMILES string of the molecule is O=[N+]([O-])c1ccc2nc(N=Nc3ccc(NCCO)cc3)sc2c1. The Morgan fingerprint density at radius 3 is 2.71 bits per heavy atom. The molecule has 2 aromatic carbocycles. The number of benzene rings is 2. The van der Waals surface area contributed by atoms with Crippen LogP contribution >= 0.6 is 11.3 Å². The van der Waals surface area contributed by atoms with Crippen LogP contribution in [0.25, 0.3) is 10.2 Å². The fourth-order valence-corrected chi connectivity index (χ4v) is 2.82. The number of aliphatic hydroxyl groups excluding tert-OH is 1. The summed E-state index contributed by atoms with van der Waals surface area (Å²) in [5.74, 6) is 0. The van der Waals surface area contributed by atoms with Crippen LogP contribution < -0.4 is 5.32 Å². The van der Waals surface area contributed by atoms with Gasteiger partial charge in [-0.1, -0.05) is 11.3 Å². The first kappa shape index (κ1) is 16.0. The monoisotopic (exact) mass is 343 g/mol. The van der Waals surface area contributed by atoms with Gasteiger partial charge in [0.25, 0.3) is 5.69 Å². The zero-order valence-corrected chi connectivity index (χ0v) is 13.2. The Morgan fingerprint density at radius 1 is 1.21 bits per heavy atom. The number of fused-ring (bicyclic) bond motifs is 1. The molecule has 0 fully saturated rings. The summed E-state index contributed by atoms with van der Waals surface area (Å²) in [4.78, 5) is 14.6. The number of nitro benzene ring substituents is 1. The number of nitro groups is 1. The van der Waals surface area contributed by atoms with E-state index in [4.69, 9.17) is 5.11 Å². The smallest absolute Gasteiger partial charge is 0.270 e. The molecule has 0 saturated carbocycles. The van der Waals surface area contributed by atoms with E-state index in [0.717, 1.165) is 5.69 Å². The van der Waals surface area contributed by atoms with Crippen LogP contribution in [0.3, 0.4) is 0 Å². The third-order valence-electron chi connectivity index (χ3n) is 3.13. The fourth-order valence-electron chi connectivity index (χ4n) is 2.00. The van der Waals surface area contributed by atoms with E-state index in [0.29, 0.717) is 27.6 Å². The van der Waals surface area contributed by atoms with Gasteiger partial charge in [-0.15, -0.1) is 10.2 Å². The number of aliphatic hydroxyl groups is 1. The number of nitrogens with zero attached hydrogens (tertiary/aromatic N) is 4. The predicted molar refractivity (Wildman–Crippen MR) is 92.5 cm³/mol. The summed E-state index contributed by atoms with van der Waals surface area (Å²) >= 11 is 1.25. The van der Waals surface area contributed by atoms with Crippen molar-refractivity contribution in [1.29, 1.82) is 0 Å². The molecular weight excluding hydrogens is 330 g/mol. The molecule has 3 aromatic rings. The zero-order chi connectivity index (χ0) is 16.9. The van der Waals surface area contributed by atoms with Crippen molar-refractivity contribution in [1.82, 2.24) is 4.98 Å². The topological polar surface area (TPSA) is 113 Å². The number of nitrogens with one attached hydrogen (secondary N) is 1. The molecule has 0 aliphatic heterocycles. The highest BCUT2D eigenvalue weighted by molar-refractivity contribution is 7.21. The van der Waals surface area contributed by atoms with Crippen molar-refractivity contribution in [3.8, 4) is 0 Å². The first-order chi connectivity index (χ1) is 11.7. The number of hydrogen-bond acceptors (Lipinski definition) is 8. The summed E-state index contributed by atoms with van der Waals surface area (Å²) < 4.78 is 0.696. The van der Waals surface area contributed by atoms with Crippen LogP contribution in [0.4, 0.5) is 22.2 Å². The van der Waals surface area contributed by atoms with Crippen molar-refractivity contribution in [2.75, 3.05) is 18.5 Å². The van der Waals surface area contributed by atoms with Gasteiger partial charge in [0.2, 0.25) is 5.13 Å². The Kier molecular flexibility index (Phi) is 4.73. The molecule has 1 aromatic heterocycles. The first-order valence-corrected chi connectivity index (χ1v) is 7.89. The number of thiazole rings is 1. The van der Waals surface area contributed by atoms with Gasteiger partial charge in [-0.3, -0.25) is 10.1 Å². The van der Waals surface area contributed by atoms with Gasteiger partial charge in [0.1, 0.15) is 0 Å². The lowest BCUT2D eigenvalue weighted by Crippen LogP contribution is -2.04. The second-order valence-corrected chi connectivity index (χ2v) is 5.81. The molecule has 24 heavy (non-hydrogen) atoms. The van der Waals surface area contributed by atoms with Crippen LogP contribution in [0, 0.1) is 10.1 Å². The van der Waals surface area contributed by atoms with Crippen molar-refractivity contribution in [2.24, 2.45) is 10.2 Å². The highest BCUT2D eigenvalue weighted by atomic mass is 32.1. The number of anilines is 1. The second kappa shape index (κ2) is 7.11. The summed E-state index contributed by atoms with van der Waals surface area (Å²) in [6.07, 6.45) is 0. The molecule has 0 amide bonds. The van der Waals surface area contributed by atoms with Crippen molar-refractivity contribution in [3.63, 3.8) is 0 Å². The third kappa shape index (κ3) is 3.70. The van der Waals surface area contributed by atoms with Gasteiger partial charge in [-0.05, 0) is 30.3 Å². The van der Waals surface area contributed by atoms with Crippen molar-refractivity contribution >= 4 is 43.7 Å². The van der Waals surface area contributed by atoms with E-state index in [-0.39, 0.29) is 12.3 Å². The molecule has 0 radical (unpaired) electrons. The molecule has 0 bridgehead atoms. The summed E-state index contributed by atoms with van der Waals surface area (Å²) in [5, 5.41) is 31.2. The molecule has 122 valence electrons. The van der Waals surface area contributed by atoms with Crippen LogP contribution in [-0.4, -0.2) is 28.2 Å². The van der Waals surface area contributed by atoms with Gasteiger partial charge in [0.05, 0.1) is 27.4 Å². The van der Waals surface area contributed by atoms with Crippen LogP contribution in [0.1, 0.15) is 0 Å². The van der Waals surface area contributed by atoms with Crippen LogP contribution in [0.2, 0.25) is 0 Å². The van der Waals surface area contributed by atoms with Gasteiger partial charge in [0, 0.05) is 24.4 Å². The van der Waals surface area contributed by atoms with Crippen LogP contribution in [-0.2, 0) is 0 Å². The third-order valence-corrected chi connectivity index (χ3v) is 4.03. The average Bonchev–Trinajstić information content (AvgIpc) is 3.01. The van der Waals surface area contributed by atoms with Crippen molar-refractivity contribution in [3.05, 3.63) is 52.6 Å². The molecule has 0 atom stereocenters. The molecule has 0 aliphatic rings. The molecule has 3 rings (SSSR count). The summed E-state index contributed by atoms with van der Waals surface area (Å²) in [6, 6.07) is 11.8. The van der Waals surface area contributed by atoms with E-state index >= 15 is 0 Å². The fraction of sp³-hybridized carbons (Fsp3) is 0.133. The van der Waals surface area contributed by atoms with Crippen LogP contribution in [0.15, 0.2) is 52.7 Å². The average molecular weight is 343 g/mol. The number of non-ortho nitro benzene ring substituents is 1. The maximum atomic E-state index is 10.8. The van der Waals surface area contributed by atoms with E-state index in [1.807, 2.05) is 12.1 Å². The van der Waals surface area contributed by atoms with E-state index in [1.54, 1.807) is 18.2 Å². The molecule has 0 aliphatic carbocycles. The van der Waals surface area contributed by atoms with E-state index < -0.39 is 4.92 Å². The predicted octanol–water partition coefficient (Wildman–Crippen LogP) is 4.02. The molecule has 0 unspecified atom stereocenters. The Bertz CT molecular complexity index is 892. The Hall–Kier alpha value is -2.91. The number of rotatable bonds is 6. The van der Waals surface area contributed by atoms with Gasteiger partial charge >= 0.3 is 0 Å². The molecule has 8 nitrogen and oxygen atoms in total. The summed E-state index contributed by atoms with van der Waals surface area (Å²) in [7, 11) is 0. The van der Waals surface area contributed by atoms with E-state index in [1.165, 1.54) is 23.5 Å². The zero-order valence-electron chi connectivity index (χ0n) is 12.4. The minimum Gasteiger partial charge on any atom is -0.395 e. The summed E-state index contributed by atoms with van der Waals surface area (Å²) in [6.45, 7) is 0.552. The second-order valence-electron chi connectivity index (χ2n) is 4.80. The maximum absolute atomic E-state index is 10.8. The van der Waals surface area contributed by atoms with Crippen LogP contribution in [0.5, 0.6) is 0 Å². The highest BCUT2D eigenvalue weighted by Gasteiger charge is 2.09. The molecule has 1 heterocycles. The molecule has 9 heteroatoms. The Balaban J connectivity index is 1.76. The highest BCUT2D eigenvalue weighted by Crippen LogP contribution is 2.31. The Morgan fingerprint density at radius 2 is 2.00 bits per heavy atom. The lowest BCUT2D eigenvalue weighted by Gasteiger charge is -2.03. The standard InChI is InChI=1S/C15H13N5O3S/c21-8-7-16-10-1-3-11(4-2-10)18-19-15-17-13-6-5-12(20(22)23)9-14(13)24-15/h1-6,9,16,21H,7-8H2. The molecular formula is C15H13N5O3S. The van der Waals surface area contributed by atoms with Gasteiger partial charge in [0.15, 0.2) is 0 Å². The maximum Gasteiger partial charge on any atom is 0.270 e. The molecule has 0 saturated heterocycles. The lowest BCUT2D eigenvalue weighted by molar-refractivity contribution is -0.384. The first-order valence-electron chi connectivity index (χ1n) is 7.07. The van der Waals surface area contributed by atoms with Crippen molar-refractivity contribution < 1.29 is 10.0 Å². The lowest BCUT2D eigenvalue weighted by atomic mass is 10.3. The minimum atomic E-state index is -0.438. The normalized spacial score (nSPS) is 11.2. The number of hydrogen-bond donors (Lipinski definition) is 2. The number of aromatic nitrogens is 1. The van der Waals surface area contributed by atoms with Gasteiger partial charge in [-0.2, -0.15) is 0 Å². The Labute approximate surface area is 140 Å². The quantitative estimate of drug-likeness (QED) is 0.398. The largest absolute Gasteiger partial charge is 0.395 e. The summed E-state index contributed by atoms with van der Waals surface area (Å²) in [5.41, 5.74) is 2.23. The number of azo groups is 1. The molecule has 0 spiro atoms. The molecule has 2 N–H and O–H groups in total.